The lowest BCUT2D eigenvalue weighted by molar-refractivity contribution is 0.125. The Kier molecular flexibility index (Phi) is 4.95. The normalized spacial score (nSPS) is 14.3. The fraction of sp³-hybridized carbons (Fsp3) is 0.538. The number of hydrogen-bond acceptors (Lipinski definition) is 4. The van der Waals surface area contributed by atoms with Gasteiger partial charge >= 0.3 is 0 Å². The maximum atomic E-state index is 12.0. The van der Waals surface area contributed by atoms with Crippen molar-refractivity contribution in [1.29, 1.82) is 0 Å². The highest BCUT2D eigenvalue weighted by atomic mass is 32.2. The number of nitrogens with two attached hydrogens (primary N) is 1. The van der Waals surface area contributed by atoms with Crippen LogP contribution in [0.1, 0.15) is 27.2 Å². The van der Waals surface area contributed by atoms with Gasteiger partial charge in [0.15, 0.2) is 0 Å². The molecule has 0 fully saturated rings. The Morgan fingerprint density at radius 1 is 1.26 bits per heavy atom. The van der Waals surface area contributed by atoms with Crippen LogP contribution in [0, 0.1) is 5.41 Å². The molecule has 1 rings (SSSR count). The van der Waals surface area contributed by atoms with E-state index in [1.807, 2.05) is 20.8 Å². The van der Waals surface area contributed by atoms with Crippen LogP contribution in [0.4, 0.5) is 5.69 Å². The molecule has 0 spiro atoms. The lowest BCUT2D eigenvalue weighted by Gasteiger charge is -2.22. The molecule has 0 aliphatic rings. The second kappa shape index (κ2) is 5.90. The van der Waals surface area contributed by atoms with Crippen LogP contribution in [-0.4, -0.2) is 26.2 Å². The zero-order valence-corrected chi connectivity index (χ0v) is 12.4. The van der Waals surface area contributed by atoms with Crippen molar-refractivity contribution in [2.24, 2.45) is 5.41 Å². The molecule has 0 bridgehead atoms. The van der Waals surface area contributed by atoms with E-state index in [1.165, 1.54) is 24.3 Å². The molecule has 0 aromatic heterocycles. The Morgan fingerprint density at radius 3 is 2.26 bits per heavy atom. The molecule has 0 radical (unpaired) electrons. The number of benzene rings is 1. The number of nitrogens with one attached hydrogen (secondary N) is 1. The summed E-state index contributed by atoms with van der Waals surface area (Å²) in [6, 6.07) is 5.93. The van der Waals surface area contributed by atoms with E-state index >= 15 is 0 Å². The van der Waals surface area contributed by atoms with E-state index in [2.05, 4.69) is 4.72 Å². The largest absolute Gasteiger partial charge is 0.399 e. The van der Waals surface area contributed by atoms with Gasteiger partial charge in [-0.05, 0) is 36.1 Å². The van der Waals surface area contributed by atoms with Gasteiger partial charge in [0.05, 0.1) is 11.0 Å². The van der Waals surface area contributed by atoms with E-state index < -0.39 is 16.1 Å². The van der Waals surface area contributed by atoms with Gasteiger partial charge in [0.2, 0.25) is 10.0 Å². The van der Waals surface area contributed by atoms with Crippen molar-refractivity contribution < 1.29 is 13.5 Å². The first-order valence-corrected chi connectivity index (χ1v) is 7.62. The van der Waals surface area contributed by atoms with Gasteiger partial charge in [-0.25, -0.2) is 13.1 Å². The summed E-state index contributed by atoms with van der Waals surface area (Å²) in [5, 5.41) is 9.79. The molecule has 0 aliphatic heterocycles. The number of rotatable bonds is 5. The standard InChI is InChI=1S/C13H22N2O3S/c1-13(2,3)8-11(16)9-15-19(17,18)12-6-4-10(14)5-7-12/h4-7,11,15-16H,8-9,14H2,1-3H3. The van der Waals surface area contributed by atoms with Gasteiger partial charge in [-0.1, -0.05) is 20.8 Å². The lowest BCUT2D eigenvalue weighted by atomic mass is 9.89. The van der Waals surface area contributed by atoms with Gasteiger partial charge in [0.1, 0.15) is 0 Å². The second-order valence-corrected chi connectivity index (χ2v) is 7.61. The molecule has 5 nitrogen and oxygen atoms in total. The highest BCUT2D eigenvalue weighted by Crippen LogP contribution is 2.20. The van der Waals surface area contributed by atoms with E-state index in [9.17, 15) is 13.5 Å². The van der Waals surface area contributed by atoms with Crippen LogP contribution < -0.4 is 10.5 Å². The molecule has 19 heavy (non-hydrogen) atoms. The number of aliphatic hydroxyl groups is 1. The third-order valence-corrected chi connectivity index (χ3v) is 3.99. The van der Waals surface area contributed by atoms with E-state index in [0.717, 1.165) is 0 Å². The molecular weight excluding hydrogens is 264 g/mol. The van der Waals surface area contributed by atoms with Crippen molar-refractivity contribution in [3.63, 3.8) is 0 Å². The maximum absolute atomic E-state index is 12.0. The fourth-order valence-corrected chi connectivity index (χ4v) is 2.79. The summed E-state index contributed by atoms with van der Waals surface area (Å²) in [6.45, 7) is 5.98. The topological polar surface area (TPSA) is 92.4 Å². The molecule has 0 saturated heterocycles. The number of hydrogen-bond donors (Lipinski definition) is 3. The summed E-state index contributed by atoms with van der Waals surface area (Å²) < 4.78 is 26.3. The molecule has 108 valence electrons. The average molecular weight is 286 g/mol. The van der Waals surface area contributed by atoms with Crippen molar-refractivity contribution in [3.05, 3.63) is 24.3 Å². The monoisotopic (exact) mass is 286 g/mol. The Morgan fingerprint density at radius 2 is 1.79 bits per heavy atom. The maximum Gasteiger partial charge on any atom is 0.240 e. The van der Waals surface area contributed by atoms with Crippen LogP contribution in [0.25, 0.3) is 0 Å². The van der Waals surface area contributed by atoms with Crippen molar-refractivity contribution in [3.8, 4) is 0 Å². The van der Waals surface area contributed by atoms with Crippen LogP contribution in [-0.2, 0) is 10.0 Å². The molecule has 4 N–H and O–H groups in total. The van der Waals surface area contributed by atoms with E-state index in [1.54, 1.807) is 0 Å². The summed E-state index contributed by atoms with van der Waals surface area (Å²) in [5.41, 5.74) is 5.96. The van der Waals surface area contributed by atoms with Crippen LogP contribution in [0.3, 0.4) is 0 Å². The molecule has 0 aliphatic carbocycles. The molecule has 1 atom stereocenters. The minimum Gasteiger partial charge on any atom is -0.399 e. The zero-order chi connectivity index (χ0) is 14.7. The number of anilines is 1. The Bertz CT molecular complexity index is 504. The fourth-order valence-electron chi connectivity index (χ4n) is 1.72. The SMILES string of the molecule is CC(C)(C)CC(O)CNS(=O)(=O)c1ccc(N)cc1. The third-order valence-electron chi connectivity index (χ3n) is 2.55. The van der Waals surface area contributed by atoms with E-state index in [-0.39, 0.29) is 16.9 Å². The van der Waals surface area contributed by atoms with E-state index in [0.29, 0.717) is 12.1 Å². The minimum atomic E-state index is -3.59. The smallest absolute Gasteiger partial charge is 0.240 e. The summed E-state index contributed by atoms with van der Waals surface area (Å²) in [6.07, 6.45) is -0.180. The van der Waals surface area contributed by atoms with Crippen molar-refractivity contribution >= 4 is 15.7 Å². The number of nitrogen functional groups attached to an aromatic ring is 1. The lowest BCUT2D eigenvalue weighted by Crippen LogP contribution is -2.34. The Balaban J connectivity index is 2.63. The Hall–Kier alpha value is -1.11. The summed E-state index contributed by atoms with van der Waals surface area (Å²) >= 11 is 0. The molecular formula is C13H22N2O3S. The first-order valence-electron chi connectivity index (χ1n) is 6.13. The summed E-state index contributed by atoms with van der Waals surface area (Å²) in [7, 11) is -3.59. The minimum absolute atomic E-state index is 0.00395. The predicted molar refractivity (Wildman–Crippen MR) is 76.1 cm³/mol. The van der Waals surface area contributed by atoms with E-state index in [4.69, 9.17) is 5.73 Å². The first kappa shape index (κ1) is 15.9. The van der Waals surface area contributed by atoms with Gasteiger partial charge in [-0.3, -0.25) is 0 Å². The van der Waals surface area contributed by atoms with Crippen LogP contribution in [0.5, 0.6) is 0 Å². The number of aliphatic hydroxyl groups excluding tert-OH is 1. The van der Waals surface area contributed by atoms with Crippen molar-refractivity contribution in [1.82, 2.24) is 4.72 Å². The molecule has 0 amide bonds. The molecule has 6 heteroatoms. The second-order valence-electron chi connectivity index (χ2n) is 5.84. The molecule has 1 aromatic rings. The Labute approximate surface area is 114 Å². The first-order chi connectivity index (χ1) is 8.60. The number of sulfonamides is 1. The van der Waals surface area contributed by atoms with Gasteiger partial charge in [0, 0.05) is 12.2 Å². The average Bonchev–Trinajstić information content (AvgIpc) is 2.25. The third kappa shape index (κ3) is 5.59. The molecule has 0 saturated carbocycles. The van der Waals surface area contributed by atoms with Gasteiger partial charge in [-0.2, -0.15) is 0 Å². The van der Waals surface area contributed by atoms with Gasteiger partial charge in [-0.15, -0.1) is 0 Å². The summed E-state index contributed by atoms with van der Waals surface area (Å²) in [4.78, 5) is 0.143. The quantitative estimate of drug-likeness (QED) is 0.712. The summed E-state index contributed by atoms with van der Waals surface area (Å²) in [5.74, 6) is 0. The van der Waals surface area contributed by atoms with Gasteiger partial charge in [0.25, 0.3) is 0 Å². The van der Waals surface area contributed by atoms with Crippen molar-refractivity contribution in [2.75, 3.05) is 12.3 Å². The molecule has 0 heterocycles. The predicted octanol–water partition coefficient (Wildman–Crippen LogP) is 1.34. The van der Waals surface area contributed by atoms with Crippen LogP contribution in [0.15, 0.2) is 29.2 Å². The zero-order valence-electron chi connectivity index (χ0n) is 11.6. The van der Waals surface area contributed by atoms with Crippen molar-refractivity contribution in [2.45, 2.75) is 38.2 Å². The highest BCUT2D eigenvalue weighted by Gasteiger charge is 2.20. The van der Waals surface area contributed by atoms with Gasteiger partial charge < -0.3 is 10.8 Å². The molecule has 1 unspecified atom stereocenters. The molecule has 1 aromatic carbocycles. The van der Waals surface area contributed by atoms with Crippen LogP contribution >= 0.6 is 0 Å². The highest BCUT2D eigenvalue weighted by molar-refractivity contribution is 7.89. The van der Waals surface area contributed by atoms with Crippen LogP contribution in [0.2, 0.25) is 0 Å².